The molecule has 0 radical (unpaired) electrons. The number of hydrogen-bond donors (Lipinski definition) is 2. The second-order valence-corrected chi connectivity index (χ2v) is 8.17. The van der Waals surface area contributed by atoms with Gasteiger partial charge >= 0.3 is 6.09 Å². The first kappa shape index (κ1) is 12.7. The summed E-state index contributed by atoms with van der Waals surface area (Å²) in [6.45, 7) is 0. The fraction of sp³-hybridized carbons (Fsp3) is 0.667. The summed E-state index contributed by atoms with van der Waals surface area (Å²) >= 11 is 4.68. The molecule has 2 bridgehead atoms. The number of rotatable bonds is 3. The zero-order valence-electron chi connectivity index (χ0n) is 10.1. The SMILES string of the molecule is O=C(O)NC12CC(n3c(C4CC4)nc(I)c3I)(C1)C2. The first-order valence-electron chi connectivity index (χ1n) is 6.40. The van der Waals surface area contributed by atoms with Crippen LogP contribution < -0.4 is 5.32 Å². The Morgan fingerprint density at radius 2 is 2.00 bits per heavy atom. The molecule has 7 heteroatoms. The van der Waals surface area contributed by atoms with Gasteiger partial charge in [0.05, 0.1) is 11.1 Å². The number of nitrogens with zero attached hydrogens (tertiary/aromatic N) is 2. The van der Waals surface area contributed by atoms with E-state index in [0.29, 0.717) is 5.92 Å². The molecule has 4 saturated carbocycles. The molecule has 5 nitrogen and oxygen atoms in total. The van der Waals surface area contributed by atoms with Gasteiger partial charge in [-0.15, -0.1) is 0 Å². The van der Waals surface area contributed by atoms with E-state index in [1.54, 1.807) is 0 Å². The average molecular weight is 485 g/mol. The summed E-state index contributed by atoms with van der Waals surface area (Å²) in [7, 11) is 0. The van der Waals surface area contributed by atoms with Crippen molar-refractivity contribution in [1.82, 2.24) is 14.9 Å². The lowest BCUT2D eigenvalue weighted by atomic mass is 9.44. The minimum absolute atomic E-state index is 0.146. The summed E-state index contributed by atoms with van der Waals surface area (Å²) in [4.78, 5) is 15.5. The Morgan fingerprint density at radius 1 is 1.37 bits per heavy atom. The van der Waals surface area contributed by atoms with E-state index in [0.717, 1.165) is 23.0 Å². The van der Waals surface area contributed by atoms with Gasteiger partial charge in [0.15, 0.2) is 0 Å². The molecule has 4 aliphatic rings. The quantitative estimate of drug-likeness (QED) is 0.648. The van der Waals surface area contributed by atoms with Gasteiger partial charge in [-0.05, 0) is 77.3 Å². The van der Waals surface area contributed by atoms with Crippen LogP contribution in [0.4, 0.5) is 4.79 Å². The molecule has 0 atom stereocenters. The average Bonchev–Trinajstić information content (AvgIpc) is 3.01. The maximum Gasteiger partial charge on any atom is 0.405 e. The highest BCUT2D eigenvalue weighted by Gasteiger charge is 2.71. The predicted molar refractivity (Wildman–Crippen MR) is 85.4 cm³/mol. The van der Waals surface area contributed by atoms with Crippen LogP contribution in [0.2, 0.25) is 0 Å². The van der Waals surface area contributed by atoms with Crippen molar-refractivity contribution in [2.24, 2.45) is 0 Å². The molecule has 0 saturated heterocycles. The predicted octanol–water partition coefficient (Wildman–Crippen LogP) is 2.87. The van der Waals surface area contributed by atoms with E-state index in [1.807, 2.05) is 0 Å². The van der Waals surface area contributed by atoms with Gasteiger partial charge in [-0.25, -0.2) is 9.78 Å². The van der Waals surface area contributed by atoms with E-state index in [9.17, 15) is 4.79 Å². The highest BCUT2D eigenvalue weighted by molar-refractivity contribution is 14.1. The zero-order valence-corrected chi connectivity index (χ0v) is 14.4. The number of carboxylic acid groups (broad SMARTS) is 1. The van der Waals surface area contributed by atoms with Crippen LogP contribution in [-0.2, 0) is 5.54 Å². The first-order valence-corrected chi connectivity index (χ1v) is 8.56. The van der Waals surface area contributed by atoms with Gasteiger partial charge in [-0.2, -0.15) is 0 Å². The Kier molecular flexibility index (Phi) is 2.51. The number of halogens is 2. The maximum atomic E-state index is 10.8. The molecule has 1 aromatic rings. The lowest BCUT2D eigenvalue weighted by Crippen LogP contribution is -2.79. The zero-order chi connectivity index (χ0) is 13.4. The van der Waals surface area contributed by atoms with Gasteiger partial charge in [0.2, 0.25) is 0 Å². The third-order valence-corrected chi connectivity index (χ3v) is 7.38. The van der Waals surface area contributed by atoms with E-state index >= 15 is 0 Å². The highest BCUT2D eigenvalue weighted by atomic mass is 127. The second kappa shape index (κ2) is 3.77. The number of carbonyl (C=O) groups is 1. The second-order valence-electron chi connectivity index (χ2n) is 6.13. The summed E-state index contributed by atoms with van der Waals surface area (Å²) < 4.78 is 4.73. The summed E-state index contributed by atoms with van der Waals surface area (Å²) in [6, 6.07) is 0. The van der Waals surface area contributed by atoms with Crippen molar-refractivity contribution in [3.05, 3.63) is 13.2 Å². The van der Waals surface area contributed by atoms with E-state index in [4.69, 9.17) is 10.1 Å². The molecule has 4 fully saturated rings. The molecule has 19 heavy (non-hydrogen) atoms. The van der Waals surface area contributed by atoms with Crippen LogP contribution in [-0.4, -0.2) is 26.3 Å². The molecular formula is C12H13I2N3O2. The molecular weight excluding hydrogens is 472 g/mol. The van der Waals surface area contributed by atoms with Crippen molar-refractivity contribution in [1.29, 1.82) is 0 Å². The Labute approximate surface area is 137 Å². The maximum absolute atomic E-state index is 10.8. The van der Waals surface area contributed by atoms with Gasteiger partial charge < -0.3 is 15.0 Å². The van der Waals surface area contributed by atoms with Crippen LogP contribution in [0.25, 0.3) is 0 Å². The molecule has 2 N–H and O–H groups in total. The lowest BCUT2D eigenvalue weighted by Gasteiger charge is -2.70. The Bertz CT molecular complexity index is 574. The monoisotopic (exact) mass is 485 g/mol. The van der Waals surface area contributed by atoms with Gasteiger partial charge in [0.1, 0.15) is 13.2 Å². The van der Waals surface area contributed by atoms with Crippen molar-refractivity contribution in [2.75, 3.05) is 0 Å². The van der Waals surface area contributed by atoms with Gasteiger partial charge in [0, 0.05) is 5.92 Å². The smallest absolute Gasteiger partial charge is 0.405 e. The number of aromatic nitrogens is 2. The molecule has 1 amide bonds. The molecule has 0 spiro atoms. The van der Waals surface area contributed by atoms with E-state index in [-0.39, 0.29) is 11.1 Å². The minimum atomic E-state index is -0.898. The molecule has 0 aliphatic heterocycles. The van der Waals surface area contributed by atoms with Crippen molar-refractivity contribution < 1.29 is 9.90 Å². The Hall–Kier alpha value is -0.0600. The summed E-state index contributed by atoms with van der Waals surface area (Å²) in [5.74, 6) is 1.87. The van der Waals surface area contributed by atoms with Crippen molar-refractivity contribution >= 4 is 51.3 Å². The fourth-order valence-electron chi connectivity index (χ4n) is 3.79. The Morgan fingerprint density at radius 3 is 2.53 bits per heavy atom. The lowest BCUT2D eigenvalue weighted by molar-refractivity contribution is -0.135. The highest BCUT2D eigenvalue weighted by Crippen LogP contribution is 2.66. The largest absolute Gasteiger partial charge is 0.465 e. The fourth-order valence-corrected chi connectivity index (χ4v) is 5.15. The topological polar surface area (TPSA) is 67.2 Å². The van der Waals surface area contributed by atoms with Gasteiger partial charge in [-0.1, -0.05) is 0 Å². The number of hydrogen-bond acceptors (Lipinski definition) is 2. The molecule has 4 aliphatic carbocycles. The van der Waals surface area contributed by atoms with Crippen LogP contribution in [0.5, 0.6) is 0 Å². The standard InChI is InChI=1S/C12H13I2N3O2/c13-7-8(14)17(9(15-7)6-1-2-6)12-3-11(4-12,5-12)16-10(18)19/h6,16H,1-5H2,(H,18,19). The van der Waals surface area contributed by atoms with Crippen LogP contribution in [0.15, 0.2) is 0 Å². The van der Waals surface area contributed by atoms with E-state index in [2.05, 4.69) is 55.1 Å². The molecule has 1 heterocycles. The van der Waals surface area contributed by atoms with Crippen LogP contribution >= 0.6 is 45.2 Å². The van der Waals surface area contributed by atoms with Crippen LogP contribution in [0, 0.1) is 7.40 Å². The third-order valence-electron chi connectivity index (χ3n) is 4.60. The van der Waals surface area contributed by atoms with E-state index in [1.165, 1.54) is 22.4 Å². The van der Waals surface area contributed by atoms with Crippen molar-refractivity contribution in [2.45, 2.75) is 49.1 Å². The molecule has 1 aromatic heterocycles. The van der Waals surface area contributed by atoms with Crippen molar-refractivity contribution in [3.8, 4) is 0 Å². The van der Waals surface area contributed by atoms with Gasteiger partial charge in [0.25, 0.3) is 0 Å². The molecule has 5 rings (SSSR count). The van der Waals surface area contributed by atoms with E-state index < -0.39 is 6.09 Å². The molecule has 0 unspecified atom stereocenters. The summed E-state index contributed by atoms with van der Waals surface area (Å²) in [5, 5.41) is 11.6. The first-order chi connectivity index (χ1) is 8.95. The molecule has 102 valence electrons. The molecule has 0 aromatic carbocycles. The number of imidazole rings is 1. The summed E-state index contributed by atoms with van der Waals surface area (Å²) in [6.07, 6.45) is 4.37. The Balaban J connectivity index is 1.64. The van der Waals surface area contributed by atoms with Crippen molar-refractivity contribution in [3.63, 3.8) is 0 Å². The van der Waals surface area contributed by atoms with Crippen LogP contribution in [0.1, 0.15) is 43.8 Å². The van der Waals surface area contributed by atoms with Gasteiger partial charge in [-0.3, -0.25) is 0 Å². The number of amides is 1. The minimum Gasteiger partial charge on any atom is -0.465 e. The normalized spacial score (nSPS) is 35.5. The third kappa shape index (κ3) is 1.69. The van der Waals surface area contributed by atoms with Crippen LogP contribution in [0.3, 0.4) is 0 Å². The number of nitrogens with one attached hydrogen (secondary N) is 1. The summed E-state index contributed by atoms with van der Waals surface area (Å²) in [5.41, 5.74) is -0.00123.